The average molecular weight is 247 g/mol. The Morgan fingerprint density at radius 3 is 3.00 bits per heavy atom. The first-order valence-corrected chi connectivity index (χ1v) is 6.77. The van der Waals surface area contributed by atoms with Gasteiger partial charge >= 0.3 is 0 Å². The second-order valence-electron chi connectivity index (χ2n) is 5.55. The van der Waals surface area contributed by atoms with Crippen molar-refractivity contribution < 1.29 is 4.74 Å². The Hall–Kier alpha value is -1.29. The number of ether oxygens (including phenoxy) is 1. The lowest BCUT2D eigenvalue weighted by atomic mass is 9.79. The zero-order valence-electron chi connectivity index (χ0n) is 10.9. The highest BCUT2D eigenvalue weighted by Crippen LogP contribution is 2.37. The third kappa shape index (κ3) is 2.17. The van der Waals surface area contributed by atoms with Crippen molar-refractivity contribution in [1.29, 1.82) is 0 Å². The van der Waals surface area contributed by atoms with E-state index < -0.39 is 0 Å². The van der Waals surface area contributed by atoms with Gasteiger partial charge in [-0.25, -0.2) is 4.98 Å². The first-order valence-electron chi connectivity index (χ1n) is 6.77. The fraction of sp³-hybridized carbons (Fsp3) is 0.643. The maximum Gasteiger partial charge on any atom is 0.214 e. The zero-order valence-corrected chi connectivity index (χ0v) is 10.9. The summed E-state index contributed by atoms with van der Waals surface area (Å²) < 4.78 is 5.19. The molecule has 4 heteroatoms. The Kier molecular flexibility index (Phi) is 3.12. The van der Waals surface area contributed by atoms with Crippen LogP contribution in [0.1, 0.15) is 19.3 Å². The highest BCUT2D eigenvalue weighted by Gasteiger charge is 2.36. The van der Waals surface area contributed by atoms with Crippen LogP contribution in [0.25, 0.3) is 0 Å². The zero-order chi connectivity index (χ0) is 12.5. The molecule has 1 aliphatic heterocycles. The number of nitrogens with two attached hydrogens (primary N) is 1. The van der Waals surface area contributed by atoms with Gasteiger partial charge in [-0.2, -0.15) is 0 Å². The molecule has 2 heterocycles. The Bertz CT molecular complexity index is 423. The molecule has 98 valence electrons. The van der Waals surface area contributed by atoms with Crippen molar-refractivity contribution in [3.63, 3.8) is 0 Å². The molecular weight excluding hydrogens is 226 g/mol. The van der Waals surface area contributed by atoms with E-state index in [0.717, 1.165) is 24.9 Å². The normalized spacial score (nSPS) is 31.2. The fourth-order valence-corrected chi connectivity index (χ4v) is 3.39. The van der Waals surface area contributed by atoms with Crippen LogP contribution in [0, 0.1) is 11.8 Å². The van der Waals surface area contributed by atoms with Gasteiger partial charge in [0.1, 0.15) is 0 Å². The SMILES string of the molecule is COc1cc(N2C[C@H]3CCC(N)C[C@H]3C2)ccn1. The molecule has 2 N–H and O–H groups in total. The Balaban J connectivity index is 1.74. The summed E-state index contributed by atoms with van der Waals surface area (Å²) in [6, 6.07) is 4.51. The first kappa shape index (κ1) is 11.8. The smallest absolute Gasteiger partial charge is 0.214 e. The van der Waals surface area contributed by atoms with Crippen LogP contribution in [-0.2, 0) is 0 Å². The molecule has 0 radical (unpaired) electrons. The van der Waals surface area contributed by atoms with E-state index in [1.807, 2.05) is 12.3 Å². The van der Waals surface area contributed by atoms with Gasteiger partial charge in [-0.15, -0.1) is 0 Å². The van der Waals surface area contributed by atoms with Crippen molar-refractivity contribution >= 4 is 5.69 Å². The van der Waals surface area contributed by atoms with E-state index in [-0.39, 0.29) is 0 Å². The van der Waals surface area contributed by atoms with E-state index in [0.29, 0.717) is 11.9 Å². The summed E-state index contributed by atoms with van der Waals surface area (Å²) in [7, 11) is 1.66. The van der Waals surface area contributed by atoms with E-state index in [1.54, 1.807) is 7.11 Å². The van der Waals surface area contributed by atoms with Gasteiger partial charge in [-0.1, -0.05) is 0 Å². The number of anilines is 1. The number of nitrogens with zero attached hydrogens (tertiary/aromatic N) is 2. The summed E-state index contributed by atoms with van der Waals surface area (Å²) in [5.41, 5.74) is 7.30. The van der Waals surface area contributed by atoms with Crippen LogP contribution in [0.3, 0.4) is 0 Å². The molecule has 3 atom stereocenters. The minimum atomic E-state index is 0.415. The van der Waals surface area contributed by atoms with Gasteiger partial charge in [0.25, 0.3) is 0 Å². The van der Waals surface area contributed by atoms with Crippen molar-refractivity contribution in [3.05, 3.63) is 18.3 Å². The molecule has 0 aromatic carbocycles. The van der Waals surface area contributed by atoms with Gasteiger partial charge in [0.05, 0.1) is 7.11 Å². The summed E-state index contributed by atoms with van der Waals surface area (Å²) in [6.45, 7) is 2.29. The molecule has 0 spiro atoms. The van der Waals surface area contributed by atoms with E-state index >= 15 is 0 Å². The lowest BCUT2D eigenvalue weighted by Crippen LogP contribution is -2.32. The van der Waals surface area contributed by atoms with Gasteiger partial charge < -0.3 is 15.4 Å². The number of hydrogen-bond acceptors (Lipinski definition) is 4. The number of methoxy groups -OCH3 is 1. The van der Waals surface area contributed by atoms with Crippen LogP contribution in [0.15, 0.2) is 18.3 Å². The van der Waals surface area contributed by atoms with Crippen molar-refractivity contribution in [2.75, 3.05) is 25.1 Å². The summed E-state index contributed by atoms with van der Waals surface area (Å²) in [4.78, 5) is 6.62. The van der Waals surface area contributed by atoms with Crippen molar-refractivity contribution in [3.8, 4) is 5.88 Å². The molecule has 0 bridgehead atoms. The number of hydrogen-bond donors (Lipinski definition) is 1. The molecule has 18 heavy (non-hydrogen) atoms. The first-order chi connectivity index (χ1) is 8.76. The highest BCUT2D eigenvalue weighted by molar-refractivity contribution is 5.49. The molecule has 2 aliphatic rings. The molecule has 1 saturated heterocycles. The predicted molar refractivity (Wildman–Crippen MR) is 71.8 cm³/mol. The van der Waals surface area contributed by atoms with E-state index in [2.05, 4.69) is 16.0 Å². The molecular formula is C14H21N3O. The van der Waals surface area contributed by atoms with Crippen LogP contribution in [0.4, 0.5) is 5.69 Å². The Labute approximate surface area is 108 Å². The monoisotopic (exact) mass is 247 g/mol. The van der Waals surface area contributed by atoms with Gasteiger partial charge in [0, 0.05) is 37.1 Å². The van der Waals surface area contributed by atoms with Gasteiger partial charge in [-0.05, 0) is 37.2 Å². The predicted octanol–water partition coefficient (Wildman–Crippen LogP) is 1.65. The Morgan fingerprint density at radius 2 is 2.17 bits per heavy atom. The maximum atomic E-state index is 6.07. The number of fused-ring (bicyclic) bond motifs is 1. The number of aromatic nitrogens is 1. The number of pyridine rings is 1. The molecule has 1 unspecified atom stereocenters. The molecule has 1 aliphatic carbocycles. The minimum Gasteiger partial charge on any atom is -0.481 e. The third-order valence-electron chi connectivity index (χ3n) is 4.38. The molecule has 4 nitrogen and oxygen atoms in total. The molecule has 1 aromatic rings. The van der Waals surface area contributed by atoms with Crippen LogP contribution < -0.4 is 15.4 Å². The highest BCUT2D eigenvalue weighted by atomic mass is 16.5. The summed E-state index contributed by atoms with van der Waals surface area (Å²) in [6.07, 6.45) is 5.48. The van der Waals surface area contributed by atoms with Gasteiger partial charge in [0.15, 0.2) is 0 Å². The Morgan fingerprint density at radius 1 is 1.33 bits per heavy atom. The fourth-order valence-electron chi connectivity index (χ4n) is 3.39. The largest absolute Gasteiger partial charge is 0.481 e. The van der Waals surface area contributed by atoms with Gasteiger partial charge in [0.2, 0.25) is 5.88 Å². The molecule has 2 fully saturated rings. The maximum absolute atomic E-state index is 6.07. The van der Waals surface area contributed by atoms with Crippen LogP contribution >= 0.6 is 0 Å². The van der Waals surface area contributed by atoms with Crippen LogP contribution in [0.2, 0.25) is 0 Å². The van der Waals surface area contributed by atoms with Gasteiger partial charge in [-0.3, -0.25) is 0 Å². The second kappa shape index (κ2) is 4.76. The summed E-state index contributed by atoms with van der Waals surface area (Å²) >= 11 is 0. The van der Waals surface area contributed by atoms with Crippen molar-refractivity contribution in [2.45, 2.75) is 25.3 Å². The topological polar surface area (TPSA) is 51.4 Å². The lowest BCUT2D eigenvalue weighted by molar-refractivity contribution is 0.271. The van der Waals surface area contributed by atoms with E-state index in [9.17, 15) is 0 Å². The average Bonchev–Trinajstić information content (AvgIpc) is 2.81. The summed E-state index contributed by atoms with van der Waals surface area (Å²) in [5, 5.41) is 0. The van der Waals surface area contributed by atoms with Crippen LogP contribution in [0.5, 0.6) is 5.88 Å². The molecule has 1 aromatic heterocycles. The third-order valence-corrected chi connectivity index (χ3v) is 4.38. The quantitative estimate of drug-likeness (QED) is 0.863. The second-order valence-corrected chi connectivity index (χ2v) is 5.55. The van der Waals surface area contributed by atoms with Crippen molar-refractivity contribution in [2.24, 2.45) is 17.6 Å². The molecule has 0 amide bonds. The number of rotatable bonds is 2. The lowest BCUT2D eigenvalue weighted by Gasteiger charge is -2.27. The van der Waals surface area contributed by atoms with E-state index in [1.165, 1.54) is 24.9 Å². The van der Waals surface area contributed by atoms with Crippen molar-refractivity contribution in [1.82, 2.24) is 4.98 Å². The summed E-state index contributed by atoms with van der Waals surface area (Å²) in [5.74, 6) is 2.29. The minimum absolute atomic E-state index is 0.415. The molecule has 1 saturated carbocycles. The standard InChI is InChI=1S/C14H21N3O/c1-18-14-7-13(4-5-16-14)17-8-10-2-3-12(15)6-11(10)9-17/h4-5,7,10-12H,2-3,6,8-9,15H2,1H3/t10-,11+,12?/m1/s1. The van der Waals surface area contributed by atoms with Crippen LogP contribution in [-0.4, -0.2) is 31.2 Å². The molecule has 3 rings (SSSR count). The van der Waals surface area contributed by atoms with E-state index in [4.69, 9.17) is 10.5 Å².